The van der Waals surface area contributed by atoms with Crippen molar-refractivity contribution in [2.75, 3.05) is 0 Å². The summed E-state index contributed by atoms with van der Waals surface area (Å²) in [6.45, 7) is 0. The van der Waals surface area contributed by atoms with Gasteiger partial charge in [-0.15, -0.1) is 0 Å². The Morgan fingerprint density at radius 1 is 0.559 bits per heavy atom. The predicted molar refractivity (Wildman–Crippen MR) is 139 cm³/mol. The minimum Gasteiger partial charge on any atom is -0.277 e. The van der Waals surface area contributed by atoms with E-state index in [2.05, 4.69) is 65.2 Å². The van der Waals surface area contributed by atoms with Crippen molar-refractivity contribution in [3.63, 3.8) is 0 Å². The molecule has 0 aliphatic carbocycles. The maximum atomic E-state index is 13.6. The first kappa shape index (κ1) is 18.8. The largest absolute Gasteiger partial charge is 0.277 e. The monoisotopic (exact) mass is 437 g/mol. The summed E-state index contributed by atoms with van der Waals surface area (Å²) < 4.78 is 3.85. The van der Waals surface area contributed by atoms with Crippen molar-refractivity contribution >= 4 is 38.5 Å². The molecule has 4 nitrogen and oxygen atoms in total. The molecule has 0 aliphatic rings. The molecule has 7 rings (SSSR count). The minimum atomic E-state index is -0.0549. The van der Waals surface area contributed by atoms with Gasteiger partial charge in [0, 0.05) is 5.39 Å². The van der Waals surface area contributed by atoms with Crippen LogP contribution in [0.25, 0.3) is 55.3 Å². The van der Waals surface area contributed by atoms with Gasteiger partial charge in [-0.05, 0) is 46.8 Å². The number of fused-ring (bicyclic) bond motifs is 5. The molecule has 34 heavy (non-hydrogen) atoms. The van der Waals surface area contributed by atoms with Crippen LogP contribution in [0.3, 0.4) is 0 Å². The molecule has 2 aromatic heterocycles. The van der Waals surface area contributed by atoms with E-state index in [0.29, 0.717) is 16.7 Å². The zero-order valence-corrected chi connectivity index (χ0v) is 18.2. The van der Waals surface area contributed by atoms with Gasteiger partial charge in [0.2, 0.25) is 5.78 Å². The number of nitrogens with zero attached hydrogens (tertiary/aromatic N) is 3. The van der Waals surface area contributed by atoms with Crippen LogP contribution in [0.2, 0.25) is 0 Å². The van der Waals surface area contributed by atoms with E-state index in [4.69, 9.17) is 4.98 Å². The lowest BCUT2D eigenvalue weighted by Gasteiger charge is -2.14. The van der Waals surface area contributed by atoms with Crippen molar-refractivity contribution in [2.45, 2.75) is 0 Å². The average Bonchev–Trinajstić information content (AvgIpc) is 3.23. The molecule has 2 heterocycles. The van der Waals surface area contributed by atoms with Gasteiger partial charge in [-0.1, -0.05) is 84.9 Å². The van der Waals surface area contributed by atoms with E-state index >= 15 is 0 Å². The summed E-state index contributed by atoms with van der Waals surface area (Å²) in [5, 5.41) is 2.88. The minimum absolute atomic E-state index is 0.0549. The lowest BCUT2D eigenvalue weighted by atomic mass is 9.97. The molecule has 0 bridgehead atoms. The Kier molecular flexibility index (Phi) is 3.96. The molecule has 0 aliphatic heterocycles. The van der Waals surface area contributed by atoms with Crippen LogP contribution in [0.4, 0.5) is 0 Å². The SMILES string of the molecule is O=c1c2ccccc2nc2n(-c3ccc(-c4ccccc4)c4ccccc34)c3ccccc3n12. The fourth-order valence-electron chi connectivity index (χ4n) is 5.02. The molecule has 0 radical (unpaired) electrons. The first-order chi connectivity index (χ1) is 16.8. The summed E-state index contributed by atoms with van der Waals surface area (Å²) in [5.41, 5.74) is 5.78. The molecule has 0 unspecified atom stereocenters. The third-order valence-electron chi connectivity index (χ3n) is 6.55. The number of rotatable bonds is 2. The quantitative estimate of drug-likeness (QED) is 0.305. The van der Waals surface area contributed by atoms with Crippen LogP contribution >= 0.6 is 0 Å². The Morgan fingerprint density at radius 2 is 1.21 bits per heavy atom. The third kappa shape index (κ3) is 2.60. The number of imidazole rings is 1. The van der Waals surface area contributed by atoms with Crippen LogP contribution in [0.5, 0.6) is 0 Å². The maximum absolute atomic E-state index is 13.6. The van der Waals surface area contributed by atoms with E-state index in [-0.39, 0.29) is 5.56 Å². The number of aromatic nitrogens is 3. The Labute approximate surface area is 195 Å². The van der Waals surface area contributed by atoms with Crippen LogP contribution in [-0.2, 0) is 0 Å². The maximum Gasteiger partial charge on any atom is 0.267 e. The van der Waals surface area contributed by atoms with Gasteiger partial charge in [0.15, 0.2) is 0 Å². The van der Waals surface area contributed by atoms with E-state index in [1.165, 1.54) is 11.1 Å². The van der Waals surface area contributed by atoms with Gasteiger partial charge in [-0.25, -0.2) is 9.38 Å². The van der Waals surface area contributed by atoms with Gasteiger partial charge in [0.25, 0.3) is 5.56 Å². The molecule has 0 saturated heterocycles. The van der Waals surface area contributed by atoms with E-state index < -0.39 is 0 Å². The summed E-state index contributed by atoms with van der Waals surface area (Å²) in [5.74, 6) is 0.613. The van der Waals surface area contributed by atoms with Gasteiger partial charge in [0.05, 0.1) is 27.6 Å². The predicted octanol–water partition coefficient (Wildman–Crippen LogP) is 6.61. The molecule has 4 heteroatoms. The lowest BCUT2D eigenvalue weighted by Crippen LogP contribution is -2.15. The second kappa shape index (κ2) is 7.15. The normalized spacial score (nSPS) is 11.6. The van der Waals surface area contributed by atoms with E-state index in [1.54, 1.807) is 4.40 Å². The van der Waals surface area contributed by atoms with Crippen LogP contribution in [-0.4, -0.2) is 14.0 Å². The zero-order valence-electron chi connectivity index (χ0n) is 18.2. The van der Waals surface area contributed by atoms with Gasteiger partial charge in [-0.3, -0.25) is 9.36 Å². The highest BCUT2D eigenvalue weighted by atomic mass is 16.1. The number of hydrogen-bond donors (Lipinski definition) is 0. The van der Waals surface area contributed by atoms with Crippen LogP contribution < -0.4 is 5.56 Å². The molecule has 7 aromatic rings. The second-order valence-corrected chi connectivity index (χ2v) is 8.44. The average molecular weight is 438 g/mol. The van der Waals surface area contributed by atoms with Crippen LogP contribution in [0.1, 0.15) is 0 Å². The molecule has 0 N–H and O–H groups in total. The number of para-hydroxylation sites is 3. The zero-order chi connectivity index (χ0) is 22.6. The topological polar surface area (TPSA) is 39.3 Å². The van der Waals surface area contributed by atoms with Crippen molar-refractivity contribution in [1.29, 1.82) is 0 Å². The molecule has 0 atom stereocenters. The highest BCUT2D eigenvalue weighted by molar-refractivity contribution is 6.03. The molecule has 0 spiro atoms. The fourth-order valence-corrected chi connectivity index (χ4v) is 5.02. The molecule has 0 amide bonds. The summed E-state index contributed by atoms with van der Waals surface area (Å²) in [7, 11) is 0. The lowest BCUT2D eigenvalue weighted by molar-refractivity contribution is 1.05. The van der Waals surface area contributed by atoms with Crippen LogP contribution in [0.15, 0.2) is 120 Å². The van der Waals surface area contributed by atoms with Gasteiger partial charge >= 0.3 is 0 Å². The highest BCUT2D eigenvalue weighted by Gasteiger charge is 2.19. The van der Waals surface area contributed by atoms with Crippen molar-refractivity contribution in [1.82, 2.24) is 14.0 Å². The highest BCUT2D eigenvalue weighted by Crippen LogP contribution is 2.35. The first-order valence-electron chi connectivity index (χ1n) is 11.3. The molecular weight excluding hydrogens is 418 g/mol. The van der Waals surface area contributed by atoms with Crippen LogP contribution in [0, 0.1) is 0 Å². The van der Waals surface area contributed by atoms with Crippen molar-refractivity contribution in [2.24, 2.45) is 0 Å². The molecule has 0 saturated carbocycles. The Morgan fingerprint density at radius 3 is 2.03 bits per heavy atom. The third-order valence-corrected chi connectivity index (χ3v) is 6.55. The summed E-state index contributed by atoms with van der Waals surface area (Å²) in [6, 6.07) is 38.7. The molecular formula is C30H19N3O. The Balaban J connectivity index is 1.65. The van der Waals surface area contributed by atoms with Crippen molar-refractivity contribution in [3.8, 4) is 16.8 Å². The van der Waals surface area contributed by atoms with E-state index in [9.17, 15) is 4.79 Å². The summed E-state index contributed by atoms with van der Waals surface area (Å²) >= 11 is 0. The van der Waals surface area contributed by atoms with E-state index in [0.717, 1.165) is 27.5 Å². The number of benzene rings is 5. The van der Waals surface area contributed by atoms with Gasteiger partial charge < -0.3 is 0 Å². The Bertz CT molecular complexity index is 1930. The summed E-state index contributed by atoms with van der Waals surface area (Å²) in [4.78, 5) is 18.5. The van der Waals surface area contributed by atoms with E-state index in [1.807, 2.05) is 54.6 Å². The standard InChI is InChI=1S/C30H19N3O/c34-29-24-14-6-7-15-25(24)31-30-32(27-16-8-9-17-28(27)33(29)30)26-19-18-21(20-10-2-1-3-11-20)22-12-4-5-13-23(22)26/h1-19H. The number of hydrogen-bond acceptors (Lipinski definition) is 2. The molecule has 0 fully saturated rings. The Hall–Kier alpha value is -4.70. The fraction of sp³-hybridized carbons (Fsp3) is 0. The van der Waals surface area contributed by atoms with Crippen molar-refractivity contribution < 1.29 is 0 Å². The first-order valence-corrected chi connectivity index (χ1v) is 11.3. The van der Waals surface area contributed by atoms with Gasteiger partial charge in [-0.2, -0.15) is 0 Å². The smallest absolute Gasteiger partial charge is 0.267 e. The summed E-state index contributed by atoms with van der Waals surface area (Å²) in [6.07, 6.45) is 0. The molecule has 5 aromatic carbocycles. The molecule has 160 valence electrons. The second-order valence-electron chi connectivity index (χ2n) is 8.44. The van der Waals surface area contributed by atoms with Crippen molar-refractivity contribution in [3.05, 3.63) is 126 Å². The van der Waals surface area contributed by atoms with Gasteiger partial charge in [0.1, 0.15) is 0 Å².